The summed E-state index contributed by atoms with van der Waals surface area (Å²) >= 11 is 0. The largest absolute Gasteiger partial charge is 0.480 e. The van der Waals surface area contributed by atoms with Crippen molar-refractivity contribution in [2.45, 2.75) is 70.0 Å². The van der Waals surface area contributed by atoms with Crippen LogP contribution in [0.1, 0.15) is 49.7 Å². The quantitative estimate of drug-likeness (QED) is 0.127. The summed E-state index contributed by atoms with van der Waals surface area (Å²) in [6, 6.07) is 2.98. The average molecular weight is 532 g/mol. The molecule has 12 nitrogen and oxygen atoms in total. The molecule has 3 amide bonds. The number of carboxylic acids is 1. The van der Waals surface area contributed by atoms with Gasteiger partial charge in [0.1, 0.15) is 12.1 Å². The van der Waals surface area contributed by atoms with Gasteiger partial charge in [0.05, 0.1) is 12.6 Å². The lowest BCUT2D eigenvalue weighted by Crippen LogP contribution is -2.54. The summed E-state index contributed by atoms with van der Waals surface area (Å²) in [6.07, 6.45) is 5.19. The number of aryl methyl sites for hydroxylation is 1. The normalized spacial score (nSPS) is 13.5. The molecular weight excluding hydrogens is 490 g/mol. The van der Waals surface area contributed by atoms with E-state index in [4.69, 9.17) is 17.2 Å². The van der Waals surface area contributed by atoms with E-state index in [0.717, 1.165) is 28.5 Å². The van der Waals surface area contributed by atoms with Gasteiger partial charge in [0, 0.05) is 23.5 Å². The molecule has 0 fully saturated rings. The fraction of sp³-hybridized carbons (Fsp3) is 0.538. The van der Waals surface area contributed by atoms with Crippen LogP contribution >= 0.6 is 0 Å². The van der Waals surface area contributed by atoms with Crippen LogP contribution in [0.2, 0.25) is 0 Å². The minimum absolute atomic E-state index is 0.161. The minimum Gasteiger partial charge on any atom is -0.480 e. The van der Waals surface area contributed by atoms with Gasteiger partial charge in [0.15, 0.2) is 0 Å². The smallest absolute Gasteiger partial charge is 0.326 e. The first kappa shape index (κ1) is 30.7. The van der Waals surface area contributed by atoms with Crippen molar-refractivity contribution >= 4 is 34.6 Å². The standard InChI is InChI=1S/C26H41N7O5/c1-16-8-9-18-17(14-30-21(18)12-16)13-22(33-24(35)19(29)6-2-4-10-27)25(36)31-15-23(34)32-20(26(37)38)7-3-5-11-28/h8-9,12,14,19-20,22,30H,2-7,10-11,13,15,27-29H2,1H3,(H,31,36)(H,32,34)(H,33,35)(H,37,38)/t19-,20-,22-/m0/s1. The molecule has 0 aliphatic rings. The molecular formula is C26H41N7O5. The fourth-order valence-corrected chi connectivity index (χ4v) is 4.10. The van der Waals surface area contributed by atoms with Crippen LogP contribution in [0.15, 0.2) is 24.4 Å². The van der Waals surface area contributed by atoms with E-state index >= 15 is 0 Å². The predicted molar refractivity (Wildman–Crippen MR) is 145 cm³/mol. The van der Waals surface area contributed by atoms with E-state index < -0.39 is 48.4 Å². The van der Waals surface area contributed by atoms with Crippen molar-refractivity contribution in [2.75, 3.05) is 19.6 Å². The zero-order valence-electron chi connectivity index (χ0n) is 21.9. The van der Waals surface area contributed by atoms with Gasteiger partial charge in [-0.05, 0) is 69.3 Å². The Bertz CT molecular complexity index is 1090. The van der Waals surface area contributed by atoms with Gasteiger partial charge >= 0.3 is 5.97 Å². The van der Waals surface area contributed by atoms with E-state index in [2.05, 4.69) is 20.9 Å². The van der Waals surface area contributed by atoms with Crippen LogP contribution in [-0.4, -0.2) is 71.5 Å². The van der Waals surface area contributed by atoms with Crippen molar-refractivity contribution in [2.24, 2.45) is 17.2 Å². The molecule has 0 spiro atoms. The number of unbranched alkanes of at least 4 members (excludes halogenated alkanes) is 2. The molecule has 0 bridgehead atoms. The number of rotatable bonds is 17. The molecule has 0 aliphatic carbocycles. The molecule has 210 valence electrons. The predicted octanol–water partition coefficient (Wildman–Crippen LogP) is -0.225. The first-order chi connectivity index (χ1) is 18.2. The molecule has 1 aromatic carbocycles. The van der Waals surface area contributed by atoms with Crippen molar-refractivity contribution in [1.29, 1.82) is 0 Å². The molecule has 0 saturated heterocycles. The van der Waals surface area contributed by atoms with Crippen LogP contribution in [0.3, 0.4) is 0 Å². The van der Waals surface area contributed by atoms with E-state index in [-0.39, 0.29) is 12.8 Å². The molecule has 11 N–H and O–H groups in total. The zero-order chi connectivity index (χ0) is 28.1. The van der Waals surface area contributed by atoms with Crippen LogP contribution in [0.25, 0.3) is 10.9 Å². The number of hydrogen-bond acceptors (Lipinski definition) is 7. The van der Waals surface area contributed by atoms with Gasteiger partial charge in [-0.25, -0.2) is 4.79 Å². The molecule has 0 saturated carbocycles. The van der Waals surface area contributed by atoms with Gasteiger partial charge in [0.2, 0.25) is 17.7 Å². The molecule has 3 atom stereocenters. The topological polar surface area (TPSA) is 218 Å². The minimum atomic E-state index is -1.16. The number of aliphatic carboxylic acids is 1. The number of fused-ring (bicyclic) bond motifs is 1. The lowest BCUT2D eigenvalue weighted by molar-refractivity contribution is -0.142. The van der Waals surface area contributed by atoms with Crippen LogP contribution in [0, 0.1) is 6.92 Å². The highest BCUT2D eigenvalue weighted by Crippen LogP contribution is 2.21. The number of hydrogen-bond donors (Lipinski definition) is 8. The lowest BCUT2D eigenvalue weighted by atomic mass is 10.0. The Morgan fingerprint density at radius 3 is 2.29 bits per heavy atom. The number of aromatic amines is 1. The molecule has 2 rings (SSSR count). The second kappa shape index (κ2) is 15.7. The highest BCUT2D eigenvalue weighted by Gasteiger charge is 2.26. The summed E-state index contributed by atoms with van der Waals surface area (Å²) in [5, 5.41) is 17.9. The summed E-state index contributed by atoms with van der Waals surface area (Å²) in [5.74, 6) is -2.87. The Morgan fingerprint density at radius 2 is 1.63 bits per heavy atom. The van der Waals surface area contributed by atoms with Gasteiger partial charge in [-0.1, -0.05) is 18.6 Å². The molecule has 12 heteroatoms. The maximum absolute atomic E-state index is 13.1. The fourth-order valence-electron chi connectivity index (χ4n) is 4.10. The molecule has 0 unspecified atom stereocenters. The second-order valence-electron chi connectivity index (χ2n) is 9.48. The summed E-state index contributed by atoms with van der Waals surface area (Å²) in [5.41, 5.74) is 19.8. The third-order valence-electron chi connectivity index (χ3n) is 6.29. The molecule has 1 aromatic heterocycles. The average Bonchev–Trinajstić information content (AvgIpc) is 3.27. The Labute approximate surface area is 222 Å². The van der Waals surface area contributed by atoms with Gasteiger partial charge < -0.3 is 43.2 Å². The highest BCUT2D eigenvalue weighted by atomic mass is 16.4. The number of carbonyl (C=O) groups excluding carboxylic acids is 3. The Morgan fingerprint density at radius 1 is 0.947 bits per heavy atom. The Hall–Kier alpha value is -3.48. The van der Waals surface area contributed by atoms with Gasteiger partial charge in [-0.3, -0.25) is 14.4 Å². The second-order valence-corrected chi connectivity index (χ2v) is 9.48. The third kappa shape index (κ3) is 9.77. The summed E-state index contributed by atoms with van der Waals surface area (Å²) in [7, 11) is 0. The van der Waals surface area contributed by atoms with Crippen molar-refractivity contribution in [1.82, 2.24) is 20.9 Å². The van der Waals surface area contributed by atoms with E-state index in [1.165, 1.54) is 0 Å². The maximum atomic E-state index is 13.1. The molecule has 0 aliphatic heterocycles. The lowest BCUT2D eigenvalue weighted by Gasteiger charge is -2.21. The van der Waals surface area contributed by atoms with Gasteiger partial charge in [-0.2, -0.15) is 0 Å². The molecule has 2 aromatic rings. The third-order valence-corrected chi connectivity index (χ3v) is 6.29. The summed E-state index contributed by atoms with van der Waals surface area (Å²) < 4.78 is 0. The number of carbonyl (C=O) groups is 4. The number of amides is 3. The zero-order valence-corrected chi connectivity index (χ0v) is 21.9. The highest BCUT2D eigenvalue weighted by molar-refractivity contribution is 5.93. The summed E-state index contributed by atoms with van der Waals surface area (Å²) in [6.45, 7) is 2.45. The number of benzene rings is 1. The van der Waals surface area contributed by atoms with Crippen LogP contribution < -0.4 is 33.2 Å². The summed E-state index contributed by atoms with van der Waals surface area (Å²) in [4.78, 5) is 52.9. The van der Waals surface area contributed by atoms with Gasteiger partial charge in [0.25, 0.3) is 0 Å². The first-order valence-electron chi connectivity index (χ1n) is 13.0. The van der Waals surface area contributed by atoms with Crippen LogP contribution in [0.5, 0.6) is 0 Å². The van der Waals surface area contributed by atoms with Crippen LogP contribution in [-0.2, 0) is 25.6 Å². The number of aromatic nitrogens is 1. The number of H-pyrrole nitrogens is 1. The number of carboxylic acid groups (broad SMARTS) is 1. The van der Waals surface area contributed by atoms with E-state index in [9.17, 15) is 24.3 Å². The van der Waals surface area contributed by atoms with Crippen LogP contribution in [0.4, 0.5) is 0 Å². The Kier molecular flexibility index (Phi) is 12.7. The van der Waals surface area contributed by atoms with Crippen molar-refractivity contribution in [3.8, 4) is 0 Å². The molecule has 1 heterocycles. The number of nitrogens with two attached hydrogens (primary N) is 3. The maximum Gasteiger partial charge on any atom is 0.326 e. The SMILES string of the molecule is Cc1ccc2c(C[C@H](NC(=O)[C@@H](N)CCCCN)C(=O)NCC(=O)N[C@@H](CCCCN)C(=O)O)c[nH]c2c1. The first-order valence-corrected chi connectivity index (χ1v) is 13.0. The monoisotopic (exact) mass is 531 g/mol. The molecule has 38 heavy (non-hydrogen) atoms. The van der Waals surface area contributed by atoms with Crippen molar-refractivity contribution in [3.05, 3.63) is 35.5 Å². The van der Waals surface area contributed by atoms with E-state index in [1.54, 1.807) is 6.20 Å². The Balaban J connectivity index is 2.09. The van der Waals surface area contributed by atoms with Gasteiger partial charge in [-0.15, -0.1) is 0 Å². The van der Waals surface area contributed by atoms with E-state index in [1.807, 2.05) is 25.1 Å². The number of nitrogens with one attached hydrogen (secondary N) is 4. The molecule has 0 radical (unpaired) electrons. The van der Waals surface area contributed by atoms with Crippen molar-refractivity contribution < 1.29 is 24.3 Å². The van der Waals surface area contributed by atoms with Crippen molar-refractivity contribution in [3.63, 3.8) is 0 Å². The van der Waals surface area contributed by atoms with E-state index in [0.29, 0.717) is 38.8 Å².